The van der Waals surface area contributed by atoms with E-state index >= 15 is 0 Å². The number of amidine groups is 1. The SMILES string of the molecule is CCOC(=O)C1=C(C)N=C2SC=C(CC(=O)NCc3ccccn3)N2C1c1cc(OC)ccc1OC. The van der Waals surface area contributed by atoms with Crippen LogP contribution in [0.3, 0.4) is 0 Å². The molecule has 0 aliphatic carbocycles. The van der Waals surface area contributed by atoms with E-state index in [0.29, 0.717) is 45.7 Å². The number of methoxy groups -OCH3 is 2. The van der Waals surface area contributed by atoms with Crippen molar-refractivity contribution in [1.82, 2.24) is 15.2 Å². The van der Waals surface area contributed by atoms with Crippen molar-refractivity contribution < 1.29 is 23.8 Å². The van der Waals surface area contributed by atoms with Crippen LogP contribution in [-0.4, -0.2) is 47.8 Å². The van der Waals surface area contributed by atoms with E-state index in [1.165, 1.54) is 11.8 Å². The number of esters is 1. The first-order valence-electron chi connectivity index (χ1n) is 11.5. The number of rotatable bonds is 9. The number of hydrogen-bond acceptors (Lipinski definition) is 9. The molecule has 188 valence electrons. The van der Waals surface area contributed by atoms with Gasteiger partial charge in [-0.1, -0.05) is 17.8 Å². The highest BCUT2D eigenvalue weighted by Crippen LogP contribution is 2.47. The summed E-state index contributed by atoms with van der Waals surface area (Å²) < 4.78 is 16.5. The monoisotopic (exact) mass is 508 g/mol. The molecule has 36 heavy (non-hydrogen) atoms. The van der Waals surface area contributed by atoms with Gasteiger partial charge in [0.15, 0.2) is 5.17 Å². The minimum Gasteiger partial charge on any atom is -0.497 e. The molecule has 1 atom stereocenters. The summed E-state index contributed by atoms with van der Waals surface area (Å²) in [5.74, 6) is 0.548. The maximum Gasteiger partial charge on any atom is 0.338 e. The second kappa shape index (κ2) is 11.3. The first-order chi connectivity index (χ1) is 17.5. The molecule has 0 fully saturated rings. The van der Waals surface area contributed by atoms with Crippen molar-refractivity contribution in [2.45, 2.75) is 32.9 Å². The van der Waals surface area contributed by atoms with Gasteiger partial charge in [0.05, 0.1) is 56.8 Å². The van der Waals surface area contributed by atoms with E-state index in [0.717, 1.165) is 5.69 Å². The van der Waals surface area contributed by atoms with Gasteiger partial charge in [0.25, 0.3) is 0 Å². The molecule has 0 saturated heterocycles. The minimum atomic E-state index is -0.619. The maximum atomic E-state index is 13.2. The number of nitrogens with one attached hydrogen (secondary N) is 1. The van der Waals surface area contributed by atoms with Gasteiger partial charge in [-0.3, -0.25) is 9.78 Å². The summed E-state index contributed by atoms with van der Waals surface area (Å²) in [6.07, 6.45) is 1.78. The summed E-state index contributed by atoms with van der Waals surface area (Å²) in [6, 6.07) is 10.4. The highest BCUT2D eigenvalue weighted by Gasteiger charge is 2.42. The Kier molecular flexibility index (Phi) is 7.94. The van der Waals surface area contributed by atoms with E-state index in [-0.39, 0.29) is 18.9 Å². The highest BCUT2D eigenvalue weighted by molar-refractivity contribution is 8.16. The Morgan fingerprint density at radius 3 is 2.69 bits per heavy atom. The van der Waals surface area contributed by atoms with Gasteiger partial charge < -0.3 is 24.4 Å². The van der Waals surface area contributed by atoms with E-state index in [2.05, 4.69) is 15.3 Å². The smallest absolute Gasteiger partial charge is 0.338 e. The lowest BCUT2D eigenvalue weighted by Crippen LogP contribution is -2.38. The van der Waals surface area contributed by atoms with Gasteiger partial charge in [0, 0.05) is 17.5 Å². The molecule has 1 aromatic heterocycles. The molecule has 2 aliphatic heterocycles. The third kappa shape index (κ3) is 5.23. The normalized spacial score (nSPS) is 16.7. The Balaban J connectivity index is 1.69. The number of thioether (sulfide) groups is 1. The maximum absolute atomic E-state index is 13.2. The largest absolute Gasteiger partial charge is 0.497 e. The molecule has 10 heteroatoms. The predicted octanol–water partition coefficient (Wildman–Crippen LogP) is 3.94. The molecule has 0 bridgehead atoms. The molecule has 4 rings (SSSR count). The number of ether oxygens (including phenoxy) is 3. The second-order valence-corrected chi connectivity index (χ2v) is 8.83. The van der Waals surface area contributed by atoms with Gasteiger partial charge in [-0.15, -0.1) is 0 Å². The average molecular weight is 509 g/mol. The van der Waals surface area contributed by atoms with Gasteiger partial charge in [-0.2, -0.15) is 0 Å². The molecule has 1 unspecified atom stereocenters. The lowest BCUT2D eigenvalue weighted by atomic mass is 9.92. The number of carbonyl (C=O) groups is 2. The average Bonchev–Trinajstić information content (AvgIpc) is 3.28. The summed E-state index contributed by atoms with van der Waals surface area (Å²) in [7, 11) is 3.15. The molecule has 1 N–H and O–H groups in total. The number of hydrogen-bond donors (Lipinski definition) is 1. The Hall–Kier alpha value is -3.79. The molecule has 3 heterocycles. The van der Waals surface area contributed by atoms with Crippen molar-refractivity contribution in [2.75, 3.05) is 20.8 Å². The van der Waals surface area contributed by atoms with Crippen molar-refractivity contribution in [1.29, 1.82) is 0 Å². The fourth-order valence-electron chi connectivity index (χ4n) is 4.11. The zero-order chi connectivity index (χ0) is 25.7. The quantitative estimate of drug-likeness (QED) is 0.508. The van der Waals surface area contributed by atoms with Crippen molar-refractivity contribution >= 4 is 28.8 Å². The fraction of sp³-hybridized carbons (Fsp3) is 0.308. The third-order valence-corrected chi connectivity index (χ3v) is 6.65. The highest BCUT2D eigenvalue weighted by atomic mass is 32.2. The van der Waals surface area contributed by atoms with Crippen LogP contribution in [0.5, 0.6) is 11.5 Å². The van der Waals surface area contributed by atoms with E-state index < -0.39 is 12.0 Å². The third-order valence-electron chi connectivity index (χ3n) is 5.76. The molecular formula is C26H28N4O5S. The van der Waals surface area contributed by atoms with Crippen molar-refractivity contribution in [2.24, 2.45) is 4.99 Å². The van der Waals surface area contributed by atoms with E-state index in [1.807, 2.05) is 34.6 Å². The molecule has 2 aromatic rings. The first kappa shape index (κ1) is 25.3. The summed E-state index contributed by atoms with van der Waals surface area (Å²) in [5, 5.41) is 5.47. The molecule has 0 saturated carbocycles. The van der Waals surface area contributed by atoms with Crippen molar-refractivity contribution in [3.8, 4) is 11.5 Å². The topological polar surface area (TPSA) is 102 Å². The number of allylic oxidation sites excluding steroid dienone is 1. The van der Waals surface area contributed by atoms with E-state index in [4.69, 9.17) is 14.2 Å². The molecule has 1 aromatic carbocycles. The minimum absolute atomic E-state index is 0.0940. The van der Waals surface area contributed by atoms with E-state index in [1.54, 1.807) is 46.4 Å². The Morgan fingerprint density at radius 1 is 1.17 bits per heavy atom. The van der Waals surface area contributed by atoms with Crippen LogP contribution < -0.4 is 14.8 Å². The number of pyridine rings is 1. The molecule has 9 nitrogen and oxygen atoms in total. The van der Waals surface area contributed by atoms with Crippen LogP contribution in [0.1, 0.15) is 37.6 Å². The second-order valence-electron chi connectivity index (χ2n) is 8.00. The Labute approximate surface area is 214 Å². The number of aromatic nitrogens is 1. The lowest BCUT2D eigenvalue weighted by molar-refractivity contribution is -0.139. The summed E-state index contributed by atoms with van der Waals surface area (Å²) in [6.45, 7) is 4.09. The molecular weight excluding hydrogens is 480 g/mol. The van der Waals surface area contributed by atoms with Gasteiger partial charge >= 0.3 is 5.97 Å². The first-order valence-corrected chi connectivity index (χ1v) is 12.3. The summed E-state index contributed by atoms with van der Waals surface area (Å²) in [4.78, 5) is 36.9. The van der Waals surface area contributed by atoms with Crippen molar-refractivity contribution in [3.05, 3.63) is 76.2 Å². The van der Waals surface area contributed by atoms with Gasteiger partial charge in [0.1, 0.15) is 11.5 Å². The standard InChI is InChI=1S/C26H28N4O5S/c1-5-35-25(32)23-16(2)29-26-30(24(23)20-13-19(33-3)9-10-21(20)34-4)18(15-36-26)12-22(31)28-14-17-8-6-7-11-27-17/h6-11,13,15,24H,5,12,14H2,1-4H3,(H,28,31). The van der Waals surface area contributed by atoms with Crippen LogP contribution in [0.2, 0.25) is 0 Å². The van der Waals surface area contributed by atoms with Crippen LogP contribution in [0.4, 0.5) is 0 Å². The molecule has 1 amide bonds. The fourth-order valence-corrected chi connectivity index (χ4v) is 5.07. The van der Waals surface area contributed by atoms with Crippen LogP contribution in [0, 0.1) is 0 Å². The Bertz CT molecular complexity index is 1240. The number of nitrogens with zero attached hydrogens (tertiary/aromatic N) is 3. The van der Waals surface area contributed by atoms with Crippen LogP contribution in [0.15, 0.2) is 70.0 Å². The zero-order valence-corrected chi connectivity index (χ0v) is 21.4. The number of fused-ring (bicyclic) bond motifs is 1. The molecule has 2 aliphatic rings. The Morgan fingerprint density at radius 2 is 2.00 bits per heavy atom. The van der Waals surface area contributed by atoms with E-state index in [9.17, 15) is 9.59 Å². The molecule has 0 spiro atoms. The summed E-state index contributed by atoms with van der Waals surface area (Å²) in [5.41, 5.74) is 3.11. The lowest BCUT2D eigenvalue weighted by Gasteiger charge is -2.36. The summed E-state index contributed by atoms with van der Waals surface area (Å²) >= 11 is 1.41. The van der Waals surface area contributed by atoms with Gasteiger partial charge in [-0.05, 0) is 49.6 Å². The van der Waals surface area contributed by atoms with Crippen LogP contribution in [-0.2, 0) is 20.9 Å². The van der Waals surface area contributed by atoms with Gasteiger partial charge in [0.2, 0.25) is 5.91 Å². The predicted molar refractivity (Wildman–Crippen MR) is 137 cm³/mol. The number of benzene rings is 1. The number of aliphatic imine (C=N–C) groups is 1. The van der Waals surface area contributed by atoms with Crippen molar-refractivity contribution in [3.63, 3.8) is 0 Å². The number of carbonyl (C=O) groups excluding carboxylic acids is 2. The zero-order valence-electron chi connectivity index (χ0n) is 20.6. The number of amides is 1. The molecule has 0 radical (unpaired) electrons. The van der Waals surface area contributed by atoms with Gasteiger partial charge in [-0.25, -0.2) is 9.79 Å². The van der Waals surface area contributed by atoms with Crippen LogP contribution in [0.25, 0.3) is 0 Å². The van der Waals surface area contributed by atoms with Crippen LogP contribution >= 0.6 is 11.8 Å².